The van der Waals surface area contributed by atoms with Gasteiger partial charge in [-0.2, -0.15) is 0 Å². The third-order valence-electron chi connectivity index (χ3n) is 2.80. The summed E-state index contributed by atoms with van der Waals surface area (Å²) < 4.78 is 18.3. The number of rotatable bonds is 4. The number of methoxy groups -OCH3 is 1. The highest BCUT2D eigenvalue weighted by atomic mass is 19.1. The van der Waals surface area contributed by atoms with Crippen LogP contribution in [0, 0.1) is 5.82 Å². The molecule has 0 aliphatic heterocycles. The summed E-state index contributed by atoms with van der Waals surface area (Å²) in [5.41, 5.74) is 6.78. The summed E-state index contributed by atoms with van der Waals surface area (Å²) >= 11 is 0. The summed E-state index contributed by atoms with van der Waals surface area (Å²) in [5.74, 6) is 0.550. The number of ether oxygens (including phenoxy) is 1. The molecular weight excluding hydrogens is 193 g/mol. The normalized spacial score (nSPS) is 14.7. The minimum Gasteiger partial charge on any atom is -0.496 e. The van der Waals surface area contributed by atoms with E-state index >= 15 is 0 Å². The van der Waals surface area contributed by atoms with Crippen molar-refractivity contribution in [1.29, 1.82) is 0 Å². The van der Waals surface area contributed by atoms with Gasteiger partial charge in [0.2, 0.25) is 0 Å². The van der Waals surface area contributed by atoms with Gasteiger partial charge < -0.3 is 10.5 Å². The molecule has 1 aromatic carbocycles. The Morgan fingerprint density at radius 2 is 2.13 bits per heavy atom. The second kappa shape index (κ2) is 5.12. The summed E-state index contributed by atoms with van der Waals surface area (Å²) in [7, 11) is 1.58. The molecule has 0 radical (unpaired) electrons. The van der Waals surface area contributed by atoms with E-state index in [0.29, 0.717) is 5.75 Å². The van der Waals surface area contributed by atoms with Crippen LogP contribution in [0.15, 0.2) is 18.2 Å². The van der Waals surface area contributed by atoms with Crippen molar-refractivity contribution in [2.24, 2.45) is 5.73 Å². The standard InChI is InChI=1S/C12H18FNO/c1-4-11(14)8(2)10-7-9(13)5-6-12(10)15-3/h5-8,11H,4,14H2,1-3H3. The largest absolute Gasteiger partial charge is 0.496 e. The van der Waals surface area contributed by atoms with E-state index < -0.39 is 0 Å². The first-order valence-electron chi connectivity index (χ1n) is 5.19. The van der Waals surface area contributed by atoms with Crippen LogP contribution in [0.2, 0.25) is 0 Å². The summed E-state index contributed by atoms with van der Waals surface area (Å²) in [4.78, 5) is 0. The molecule has 0 aliphatic carbocycles. The minimum atomic E-state index is -0.249. The van der Waals surface area contributed by atoms with Crippen LogP contribution in [0.5, 0.6) is 5.75 Å². The zero-order valence-corrected chi connectivity index (χ0v) is 9.46. The maximum absolute atomic E-state index is 13.1. The smallest absolute Gasteiger partial charge is 0.123 e. The van der Waals surface area contributed by atoms with Crippen molar-refractivity contribution in [3.8, 4) is 5.75 Å². The van der Waals surface area contributed by atoms with Gasteiger partial charge in [0.15, 0.2) is 0 Å². The minimum absolute atomic E-state index is 0.0284. The van der Waals surface area contributed by atoms with E-state index in [1.165, 1.54) is 12.1 Å². The lowest BCUT2D eigenvalue weighted by atomic mass is 9.91. The lowest BCUT2D eigenvalue weighted by molar-refractivity contribution is 0.399. The van der Waals surface area contributed by atoms with Gasteiger partial charge in [-0.1, -0.05) is 13.8 Å². The van der Waals surface area contributed by atoms with Crippen LogP contribution in [0.1, 0.15) is 31.7 Å². The average molecular weight is 211 g/mol. The molecule has 0 aromatic heterocycles. The van der Waals surface area contributed by atoms with Gasteiger partial charge in [-0.25, -0.2) is 4.39 Å². The molecule has 0 heterocycles. The quantitative estimate of drug-likeness (QED) is 0.831. The first-order valence-corrected chi connectivity index (χ1v) is 5.19. The summed E-state index contributed by atoms with van der Waals surface area (Å²) in [6, 6.07) is 4.57. The number of halogens is 1. The Bertz CT molecular complexity index is 327. The number of nitrogens with two attached hydrogens (primary N) is 1. The highest BCUT2D eigenvalue weighted by Crippen LogP contribution is 2.29. The lowest BCUT2D eigenvalue weighted by Gasteiger charge is -2.21. The van der Waals surface area contributed by atoms with Gasteiger partial charge in [-0.05, 0) is 30.5 Å². The van der Waals surface area contributed by atoms with Gasteiger partial charge in [-0.3, -0.25) is 0 Å². The molecule has 15 heavy (non-hydrogen) atoms. The summed E-state index contributed by atoms with van der Waals surface area (Å²) in [5, 5.41) is 0. The predicted molar refractivity (Wildman–Crippen MR) is 59.6 cm³/mol. The van der Waals surface area contributed by atoms with Gasteiger partial charge >= 0.3 is 0 Å². The first-order chi connectivity index (χ1) is 7.10. The topological polar surface area (TPSA) is 35.2 Å². The first kappa shape index (κ1) is 12.0. The number of hydrogen-bond acceptors (Lipinski definition) is 2. The zero-order valence-electron chi connectivity index (χ0n) is 9.46. The molecular formula is C12H18FNO. The van der Waals surface area contributed by atoms with Crippen LogP contribution >= 0.6 is 0 Å². The molecule has 0 fully saturated rings. The predicted octanol–water partition coefficient (Wildman–Crippen LogP) is 2.68. The van der Waals surface area contributed by atoms with Gasteiger partial charge in [0.1, 0.15) is 11.6 Å². The molecule has 2 atom stereocenters. The van der Waals surface area contributed by atoms with Crippen molar-refractivity contribution < 1.29 is 9.13 Å². The number of benzene rings is 1. The molecule has 0 aliphatic rings. The fraction of sp³-hybridized carbons (Fsp3) is 0.500. The number of hydrogen-bond donors (Lipinski definition) is 1. The Hall–Kier alpha value is -1.09. The molecule has 1 rings (SSSR count). The fourth-order valence-corrected chi connectivity index (χ4v) is 1.65. The Morgan fingerprint density at radius 1 is 1.47 bits per heavy atom. The van der Waals surface area contributed by atoms with E-state index in [2.05, 4.69) is 0 Å². The van der Waals surface area contributed by atoms with E-state index in [0.717, 1.165) is 12.0 Å². The second-order valence-electron chi connectivity index (χ2n) is 3.75. The van der Waals surface area contributed by atoms with Crippen LogP contribution in [0.25, 0.3) is 0 Å². The Labute approximate surface area is 90.2 Å². The average Bonchev–Trinajstić information content (AvgIpc) is 2.27. The third-order valence-corrected chi connectivity index (χ3v) is 2.80. The zero-order chi connectivity index (χ0) is 11.4. The van der Waals surface area contributed by atoms with Crippen molar-refractivity contribution >= 4 is 0 Å². The van der Waals surface area contributed by atoms with E-state index in [9.17, 15) is 4.39 Å². The fourth-order valence-electron chi connectivity index (χ4n) is 1.65. The van der Waals surface area contributed by atoms with Crippen molar-refractivity contribution in [3.63, 3.8) is 0 Å². The monoisotopic (exact) mass is 211 g/mol. The van der Waals surface area contributed by atoms with Gasteiger partial charge in [-0.15, -0.1) is 0 Å². The Kier molecular flexibility index (Phi) is 4.09. The molecule has 1 aromatic rings. The van der Waals surface area contributed by atoms with E-state index in [4.69, 9.17) is 10.5 Å². The van der Waals surface area contributed by atoms with Gasteiger partial charge in [0.05, 0.1) is 7.11 Å². The maximum Gasteiger partial charge on any atom is 0.123 e. The van der Waals surface area contributed by atoms with E-state index in [-0.39, 0.29) is 17.8 Å². The van der Waals surface area contributed by atoms with Crippen molar-refractivity contribution in [3.05, 3.63) is 29.6 Å². The molecule has 0 saturated heterocycles. The van der Waals surface area contributed by atoms with Crippen LogP contribution in [-0.2, 0) is 0 Å². The molecule has 2 unspecified atom stereocenters. The molecule has 2 N–H and O–H groups in total. The van der Waals surface area contributed by atoms with E-state index in [1.54, 1.807) is 13.2 Å². The molecule has 3 heteroatoms. The molecule has 0 saturated carbocycles. The maximum atomic E-state index is 13.1. The van der Waals surface area contributed by atoms with Crippen LogP contribution < -0.4 is 10.5 Å². The van der Waals surface area contributed by atoms with Crippen LogP contribution in [-0.4, -0.2) is 13.2 Å². The SMILES string of the molecule is CCC(N)C(C)c1cc(F)ccc1OC. The Balaban J connectivity index is 3.05. The van der Waals surface area contributed by atoms with Crippen LogP contribution in [0.3, 0.4) is 0 Å². The van der Waals surface area contributed by atoms with E-state index in [1.807, 2.05) is 13.8 Å². The van der Waals surface area contributed by atoms with Crippen molar-refractivity contribution in [2.45, 2.75) is 32.2 Å². The lowest BCUT2D eigenvalue weighted by Crippen LogP contribution is -2.26. The van der Waals surface area contributed by atoms with Crippen molar-refractivity contribution in [1.82, 2.24) is 0 Å². The van der Waals surface area contributed by atoms with Crippen LogP contribution in [0.4, 0.5) is 4.39 Å². The highest BCUT2D eigenvalue weighted by Gasteiger charge is 2.17. The summed E-state index contributed by atoms with van der Waals surface area (Å²) in [6.07, 6.45) is 0.862. The van der Waals surface area contributed by atoms with Gasteiger partial charge in [0, 0.05) is 11.6 Å². The molecule has 0 amide bonds. The molecule has 0 spiro atoms. The highest BCUT2D eigenvalue weighted by molar-refractivity contribution is 5.37. The summed E-state index contributed by atoms with van der Waals surface area (Å²) in [6.45, 7) is 4.01. The van der Waals surface area contributed by atoms with Gasteiger partial charge in [0.25, 0.3) is 0 Å². The molecule has 84 valence electrons. The Morgan fingerprint density at radius 3 is 2.67 bits per heavy atom. The molecule has 0 bridgehead atoms. The second-order valence-corrected chi connectivity index (χ2v) is 3.75. The third kappa shape index (κ3) is 2.69. The van der Waals surface area contributed by atoms with Crippen molar-refractivity contribution in [2.75, 3.05) is 7.11 Å². The molecule has 2 nitrogen and oxygen atoms in total.